The smallest absolute Gasteiger partial charge is 0.274 e. The Kier molecular flexibility index (Phi) is 9.51. The highest BCUT2D eigenvalue weighted by molar-refractivity contribution is 7.91. The van der Waals surface area contributed by atoms with Gasteiger partial charge in [-0.3, -0.25) is 19.8 Å². The van der Waals surface area contributed by atoms with Gasteiger partial charge in [0.2, 0.25) is 10.0 Å². The van der Waals surface area contributed by atoms with E-state index in [1.54, 1.807) is 48.5 Å². The van der Waals surface area contributed by atoms with Gasteiger partial charge >= 0.3 is 0 Å². The summed E-state index contributed by atoms with van der Waals surface area (Å²) in [5, 5.41) is 7.77. The molecule has 0 radical (unpaired) electrons. The molecular weight excluding hydrogens is 572 g/mol. The van der Waals surface area contributed by atoms with Crippen molar-refractivity contribution in [3.8, 4) is 11.3 Å². The zero-order valence-electron chi connectivity index (χ0n) is 25.6. The maximum absolute atomic E-state index is 13.4. The van der Waals surface area contributed by atoms with E-state index in [4.69, 9.17) is 16.1 Å². The number of anilines is 1. The van der Waals surface area contributed by atoms with Crippen molar-refractivity contribution in [2.75, 3.05) is 4.72 Å². The second kappa shape index (κ2) is 13.3. The number of piperidine rings is 1. The van der Waals surface area contributed by atoms with Gasteiger partial charge in [-0.15, -0.1) is 0 Å². The maximum atomic E-state index is 13.4. The fourth-order valence-corrected chi connectivity index (χ4v) is 7.86. The number of nitrogens with zero attached hydrogens (tertiary/aromatic N) is 2. The quantitative estimate of drug-likeness (QED) is 0.124. The Bertz CT molecular complexity index is 1800. The topological polar surface area (TPSA) is 145 Å². The number of aromatic nitrogens is 2. The summed E-state index contributed by atoms with van der Waals surface area (Å²) in [7, 11) is -3.73. The van der Waals surface area contributed by atoms with E-state index in [2.05, 4.69) is 35.4 Å². The Morgan fingerprint density at radius 3 is 2.52 bits per heavy atom. The van der Waals surface area contributed by atoms with Gasteiger partial charge in [0.1, 0.15) is 11.5 Å². The van der Waals surface area contributed by atoms with Crippen molar-refractivity contribution >= 4 is 32.6 Å². The lowest BCUT2D eigenvalue weighted by Gasteiger charge is -2.43. The largest absolute Gasteiger partial charge is 0.384 e. The summed E-state index contributed by atoms with van der Waals surface area (Å²) in [4.78, 5) is 23.8. The van der Waals surface area contributed by atoms with E-state index in [1.165, 1.54) is 19.3 Å². The highest BCUT2D eigenvalue weighted by atomic mass is 32.2. The van der Waals surface area contributed by atoms with Crippen LogP contribution < -0.4 is 16.0 Å². The van der Waals surface area contributed by atoms with Crippen LogP contribution >= 0.6 is 0 Å². The number of aryl methyl sites for hydroxylation is 1. The van der Waals surface area contributed by atoms with Gasteiger partial charge < -0.3 is 10.7 Å². The molecule has 0 aliphatic carbocycles. The first-order chi connectivity index (χ1) is 21.0. The lowest BCUT2D eigenvalue weighted by Crippen LogP contribution is -2.48. The first-order valence-electron chi connectivity index (χ1n) is 15.3. The third-order valence-corrected chi connectivity index (χ3v) is 9.95. The summed E-state index contributed by atoms with van der Waals surface area (Å²) in [6.45, 7) is 6.88. The van der Waals surface area contributed by atoms with Crippen LogP contribution in [0.25, 0.3) is 22.3 Å². The summed E-state index contributed by atoms with van der Waals surface area (Å²) in [5.41, 5.74) is 9.48. The number of nitrogen functional groups attached to an aromatic ring is 1. The summed E-state index contributed by atoms with van der Waals surface area (Å²) in [6.07, 6.45) is 5.99. The van der Waals surface area contributed by atoms with Crippen molar-refractivity contribution in [2.24, 2.45) is 5.73 Å². The van der Waals surface area contributed by atoms with Crippen molar-refractivity contribution in [1.29, 1.82) is 5.41 Å². The molecule has 9 nitrogen and oxygen atoms in total. The number of aromatic amines is 1. The number of H-pyrrole nitrogens is 1. The van der Waals surface area contributed by atoms with Crippen LogP contribution in [-0.2, 0) is 22.2 Å². The van der Waals surface area contributed by atoms with Crippen LogP contribution in [0.5, 0.6) is 0 Å². The highest BCUT2D eigenvalue weighted by Gasteiger charge is 2.28. The van der Waals surface area contributed by atoms with Crippen LogP contribution in [0.3, 0.4) is 0 Å². The number of nitrogens with two attached hydrogens (primary N) is 1. The highest BCUT2D eigenvalue weighted by Crippen LogP contribution is 2.30. The molecule has 0 spiro atoms. The molecule has 0 bridgehead atoms. The maximum Gasteiger partial charge on any atom is 0.274 e. The van der Waals surface area contributed by atoms with Crippen molar-refractivity contribution in [3.05, 3.63) is 93.8 Å². The molecule has 1 saturated heterocycles. The molecule has 10 heteroatoms. The number of likely N-dealkylation sites (tertiary alicyclic amines) is 1. The minimum Gasteiger partial charge on any atom is -0.384 e. The molecule has 1 aromatic heterocycles. The van der Waals surface area contributed by atoms with Crippen LogP contribution in [0.15, 0.2) is 71.5 Å². The van der Waals surface area contributed by atoms with Crippen molar-refractivity contribution in [3.63, 3.8) is 0 Å². The average Bonchev–Trinajstić information content (AvgIpc) is 2.98. The Labute approximate surface area is 259 Å². The third-order valence-electron chi connectivity index (χ3n) is 8.71. The summed E-state index contributed by atoms with van der Waals surface area (Å²) in [5.74, 6) is -0.255. The van der Waals surface area contributed by atoms with Gasteiger partial charge in [-0.2, -0.15) is 0 Å². The van der Waals surface area contributed by atoms with Crippen LogP contribution in [0, 0.1) is 5.41 Å². The van der Waals surface area contributed by atoms with E-state index in [0.29, 0.717) is 58.0 Å². The first-order valence-corrected chi connectivity index (χ1v) is 17.0. The molecular formula is C34H42N6O3S. The van der Waals surface area contributed by atoms with Gasteiger partial charge in [0.15, 0.2) is 0 Å². The van der Waals surface area contributed by atoms with Gasteiger partial charge in [0.25, 0.3) is 5.56 Å². The number of fused-ring (bicyclic) bond motifs is 1. The Balaban J connectivity index is 1.49. The van der Waals surface area contributed by atoms with Gasteiger partial charge in [0.05, 0.1) is 22.5 Å². The first kappa shape index (κ1) is 31.4. The Morgan fingerprint density at radius 2 is 1.82 bits per heavy atom. The molecule has 0 saturated carbocycles. The normalized spacial score (nSPS) is 18.2. The molecule has 1 fully saturated rings. The lowest BCUT2D eigenvalue weighted by molar-refractivity contribution is 0.0581. The summed E-state index contributed by atoms with van der Waals surface area (Å²) >= 11 is 0. The van der Waals surface area contributed by atoms with E-state index in [9.17, 15) is 13.2 Å². The summed E-state index contributed by atoms with van der Waals surface area (Å²) in [6, 6.07) is 20.8. The number of hydrogen-bond acceptors (Lipinski definition) is 6. The second-order valence-electron chi connectivity index (χ2n) is 12.1. The van der Waals surface area contributed by atoms with E-state index in [1.807, 2.05) is 18.2 Å². The van der Waals surface area contributed by atoms with Crippen molar-refractivity contribution in [1.82, 2.24) is 14.9 Å². The molecule has 1 aliphatic rings. The minimum atomic E-state index is -3.73. The SMILES string of the molecule is CC(CCCc1c(NS(=O)(=O)Cc2ccccc2)ccc2nc(-c3cccc(C(=N)N)c3)c(=O)[nH]c12)N1C(C)CCCC1C. The number of amidine groups is 1. The van der Waals surface area contributed by atoms with Crippen molar-refractivity contribution in [2.45, 2.75) is 83.2 Å². The van der Waals surface area contributed by atoms with E-state index < -0.39 is 15.6 Å². The molecule has 44 heavy (non-hydrogen) atoms. The zero-order valence-corrected chi connectivity index (χ0v) is 26.5. The van der Waals surface area contributed by atoms with Crippen LogP contribution in [0.2, 0.25) is 0 Å². The monoisotopic (exact) mass is 614 g/mol. The molecule has 2 heterocycles. The van der Waals surface area contributed by atoms with Crippen LogP contribution in [0.1, 0.15) is 69.6 Å². The Morgan fingerprint density at radius 1 is 1.09 bits per heavy atom. The fourth-order valence-electron chi connectivity index (χ4n) is 6.63. The molecule has 232 valence electrons. The lowest BCUT2D eigenvalue weighted by atomic mass is 9.93. The van der Waals surface area contributed by atoms with Gasteiger partial charge in [0, 0.05) is 34.8 Å². The molecule has 3 atom stereocenters. The van der Waals surface area contributed by atoms with Crippen LogP contribution in [0.4, 0.5) is 5.69 Å². The fraction of sp³-hybridized carbons (Fsp3) is 0.382. The number of sulfonamides is 1. The minimum absolute atomic E-state index is 0.0960. The second-order valence-corrected chi connectivity index (χ2v) is 13.8. The van der Waals surface area contributed by atoms with Gasteiger partial charge in [-0.05, 0) is 76.6 Å². The number of nitrogens with one attached hydrogen (secondary N) is 3. The van der Waals surface area contributed by atoms with E-state index in [0.717, 1.165) is 18.4 Å². The molecule has 0 amide bonds. The average molecular weight is 615 g/mol. The molecule has 5 rings (SSSR count). The number of rotatable bonds is 11. The molecule has 4 aromatic rings. The van der Waals surface area contributed by atoms with Crippen molar-refractivity contribution < 1.29 is 8.42 Å². The molecule has 3 aromatic carbocycles. The predicted molar refractivity (Wildman–Crippen MR) is 179 cm³/mol. The van der Waals surface area contributed by atoms with Gasteiger partial charge in [-0.25, -0.2) is 13.4 Å². The molecule has 1 aliphatic heterocycles. The molecule has 5 N–H and O–H groups in total. The van der Waals surface area contributed by atoms with Gasteiger partial charge in [-0.1, -0.05) is 55.0 Å². The number of benzene rings is 3. The third kappa shape index (κ3) is 7.19. The predicted octanol–water partition coefficient (Wildman–Crippen LogP) is 5.79. The Hall–Kier alpha value is -4.02. The standard InChI is InChI=1S/C34H42N6O3S/c1-22-10-7-11-23(2)40(22)24(3)12-8-17-28-29(39-44(42,43)21-25-13-5-4-6-14-25)18-19-30-32(28)38-34(41)31(37-30)26-15-9-16-27(20-26)33(35)36/h4-6,9,13-16,18-20,22-24,39H,7-8,10-12,17,21H2,1-3H3,(H3,35,36)(H,38,41). The van der Waals surface area contributed by atoms with E-state index in [-0.39, 0.29) is 17.3 Å². The van der Waals surface area contributed by atoms with E-state index >= 15 is 0 Å². The summed E-state index contributed by atoms with van der Waals surface area (Å²) < 4.78 is 29.4. The molecule has 3 unspecified atom stereocenters. The zero-order chi connectivity index (χ0) is 31.4. The van der Waals surface area contributed by atoms with Crippen LogP contribution in [-0.4, -0.2) is 47.2 Å². The number of hydrogen-bond donors (Lipinski definition) is 4.